The second-order valence-corrected chi connectivity index (χ2v) is 3.78. The molecule has 0 unspecified atom stereocenters. The molecule has 4 nitrogen and oxygen atoms in total. The second kappa shape index (κ2) is 6.29. The van der Waals surface area contributed by atoms with Crippen molar-refractivity contribution in [2.45, 2.75) is 40.0 Å². The molecule has 0 amide bonds. The SMILES string of the molecule is CC(=O)CC/C(=C\CC(C)C)[N+](=O)[O-]. The second-order valence-electron chi connectivity index (χ2n) is 3.78. The molecule has 0 fully saturated rings. The van der Waals surface area contributed by atoms with Crippen molar-refractivity contribution in [3.05, 3.63) is 21.9 Å². The first kappa shape index (κ1) is 12.8. The van der Waals surface area contributed by atoms with Crippen molar-refractivity contribution in [3.63, 3.8) is 0 Å². The Morgan fingerprint density at radius 2 is 2.00 bits per heavy atom. The van der Waals surface area contributed by atoms with E-state index in [1.54, 1.807) is 6.08 Å². The molecule has 0 saturated carbocycles. The van der Waals surface area contributed by atoms with Crippen LogP contribution in [0.1, 0.15) is 40.0 Å². The maximum Gasteiger partial charge on any atom is 0.242 e. The van der Waals surface area contributed by atoms with E-state index < -0.39 is 4.92 Å². The van der Waals surface area contributed by atoms with Gasteiger partial charge in [0, 0.05) is 12.8 Å². The lowest BCUT2D eigenvalue weighted by Gasteiger charge is -1.99. The van der Waals surface area contributed by atoms with Gasteiger partial charge in [-0.1, -0.05) is 13.8 Å². The van der Waals surface area contributed by atoms with Crippen LogP contribution < -0.4 is 0 Å². The third-order valence-electron chi connectivity index (χ3n) is 1.79. The lowest BCUT2D eigenvalue weighted by molar-refractivity contribution is -0.428. The van der Waals surface area contributed by atoms with Crippen molar-refractivity contribution in [2.75, 3.05) is 0 Å². The molecule has 0 rings (SSSR count). The van der Waals surface area contributed by atoms with Crippen LogP contribution in [0.5, 0.6) is 0 Å². The molecule has 0 aliphatic rings. The molecule has 0 heterocycles. The van der Waals surface area contributed by atoms with Gasteiger partial charge >= 0.3 is 0 Å². The fraction of sp³-hybridized carbons (Fsp3) is 0.700. The lowest BCUT2D eigenvalue weighted by Crippen LogP contribution is -2.02. The van der Waals surface area contributed by atoms with E-state index in [0.717, 1.165) is 0 Å². The number of rotatable bonds is 6. The molecular weight excluding hydrogens is 182 g/mol. The highest BCUT2D eigenvalue weighted by Gasteiger charge is 2.11. The Morgan fingerprint density at radius 1 is 1.43 bits per heavy atom. The van der Waals surface area contributed by atoms with Crippen LogP contribution in [0.4, 0.5) is 0 Å². The molecule has 0 saturated heterocycles. The number of nitro groups is 1. The molecule has 0 aromatic rings. The molecule has 0 bridgehead atoms. The van der Waals surface area contributed by atoms with Gasteiger partial charge in [-0.15, -0.1) is 0 Å². The number of Topliss-reactive ketones (excluding diaryl/α,β-unsaturated/α-hetero) is 1. The first-order chi connectivity index (χ1) is 6.43. The molecule has 0 N–H and O–H groups in total. The standard InChI is InChI=1S/C10H17NO3/c1-8(2)4-6-10(11(13)14)7-5-9(3)12/h6,8H,4-5,7H2,1-3H3/b10-6+. The summed E-state index contributed by atoms with van der Waals surface area (Å²) in [4.78, 5) is 20.8. The van der Waals surface area contributed by atoms with E-state index in [2.05, 4.69) is 0 Å². The van der Waals surface area contributed by atoms with Gasteiger partial charge < -0.3 is 4.79 Å². The number of nitrogens with zero attached hydrogens (tertiary/aromatic N) is 1. The summed E-state index contributed by atoms with van der Waals surface area (Å²) in [6.07, 6.45) is 2.81. The quantitative estimate of drug-likeness (QED) is 0.488. The van der Waals surface area contributed by atoms with E-state index in [1.807, 2.05) is 13.8 Å². The number of allylic oxidation sites excluding steroid dienone is 2. The van der Waals surface area contributed by atoms with Gasteiger partial charge in [-0.05, 0) is 25.3 Å². The summed E-state index contributed by atoms with van der Waals surface area (Å²) in [5.41, 5.74) is 0.161. The molecule has 0 aliphatic carbocycles. The predicted molar refractivity (Wildman–Crippen MR) is 54.4 cm³/mol. The summed E-state index contributed by atoms with van der Waals surface area (Å²) in [6.45, 7) is 5.44. The Morgan fingerprint density at radius 3 is 2.36 bits per heavy atom. The molecule has 0 aromatic carbocycles. The van der Waals surface area contributed by atoms with Crippen LogP contribution in [0.25, 0.3) is 0 Å². The predicted octanol–water partition coefficient (Wildman–Crippen LogP) is 2.56. The van der Waals surface area contributed by atoms with E-state index >= 15 is 0 Å². The van der Waals surface area contributed by atoms with Crippen molar-refractivity contribution in [3.8, 4) is 0 Å². The summed E-state index contributed by atoms with van der Waals surface area (Å²) in [5.74, 6) is 0.393. The minimum absolute atomic E-state index is 0.0118. The van der Waals surface area contributed by atoms with Gasteiger partial charge in [0.1, 0.15) is 5.78 Å². The maximum absolute atomic E-state index is 10.7. The summed E-state index contributed by atoms with van der Waals surface area (Å²) in [5, 5.41) is 10.6. The van der Waals surface area contributed by atoms with Gasteiger partial charge in [-0.3, -0.25) is 10.1 Å². The van der Waals surface area contributed by atoms with Gasteiger partial charge in [-0.25, -0.2) is 0 Å². The number of ketones is 1. The monoisotopic (exact) mass is 199 g/mol. The fourth-order valence-electron chi connectivity index (χ4n) is 0.944. The number of hydrogen-bond acceptors (Lipinski definition) is 3. The Labute approximate surface area is 84.1 Å². The van der Waals surface area contributed by atoms with Gasteiger partial charge in [0.25, 0.3) is 0 Å². The number of carbonyl (C=O) groups excluding carboxylic acids is 1. The average Bonchev–Trinajstić information content (AvgIpc) is 2.02. The minimum atomic E-state index is -0.397. The van der Waals surface area contributed by atoms with E-state index in [1.165, 1.54) is 6.92 Å². The zero-order valence-electron chi connectivity index (χ0n) is 8.95. The van der Waals surface area contributed by atoms with Gasteiger partial charge in [0.05, 0.1) is 4.92 Å². The molecule has 80 valence electrons. The molecular formula is C10H17NO3. The Kier molecular flexibility index (Phi) is 5.76. The third kappa shape index (κ3) is 6.34. The zero-order valence-corrected chi connectivity index (χ0v) is 8.95. The van der Waals surface area contributed by atoms with Gasteiger partial charge in [-0.2, -0.15) is 0 Å². The van der Waals surface area contributed by atoms with Crippen LogP contribution in [-0.2, 0) is 4.79 Å². The van der Waals surface area contributed by atoms with Crippen LogP contribution in [0, 0.1) is 16.0 Å². The highest BCUT2D eigenvalue weighted by Crippen LogP contribution is 2.10. The van der Waals surface area contributed by atoms with Crippen molar-refractivity contribution in [1.82, 2.24) is 0 Å². The highest BCUT2D eigenvalue weighted by atomic mass is 16.6. The van der Waals surface area contributed by atoms with E-state index in [0.29, 0.717) is 12.3 Å². The molecule has 0 aromatic heterocycles. The van der Waals surface area contributed by atoms with Crippen LogP contribution >= 0.6 is 0 Å². The van der Waals surface area contributed by atoms with Crippen molar-refractivity contribution in [2.24, 2.45) is 5.92 Å². The summed E-state index contributed by atoms with van der Waals surface area (Å²) >= 11 is 0. The van der Waals surface area contributed by atoms with Crippen molar-refractivity contribution in [1.29, 1.82) is 0 Å². The van der Waals surface area contributed by atoms with E-state index in [-0.39, 0.29) is 24.3 Å². The fourth-order valence-corrected chi connectivity index (χ4v) is 0.944. The number of carbonyl (C=O) groups is 1. The minimum Gasteiger partial charge on any atom is -0.300 e. The van der Waals surface area contributed by atoms with Crippen LogP contribution in [-0.4, -0.2) is 10.7 Å². The summed E-state index contributed by atoms with van der Waals surface area (Å²) < 4.78 is 0. The largest absolute Gasteiger partial charge is 0.300 e. The van der Waals surface area contributed by atoms with Crippen LogP contribution in [0.15, 0.2) is 11.8 Å². The normalized spacial score (nSPS) is 11.9. The Hall–Kier alpha value is -1.19. The Balaban J connectivity index is 4.22. The van der Waals surface area contributed by atoms with Gasteiger partial charge in [0.15, 0.2) is 0 Å². The van der Waals surface area contributed by atoms with Crippen LogP contribution in [0.3, 0.4) is 0 Å². The first-order valence-electron chi connectivity index (χ1n) is 4.76. The molecule has 0 spiro atoms. The summed E-state index contributed by atoms with van der Waals surface area (Å²) in [7, 11) is 0. The van der Waals surface area contributed by atoms with Crippen molar-refractivity contribution < 1.29 is 9.72 Å². The van der Waals surface area contributed by atoms with Crippen molar-refractivity contribution >= 4 is 5.78 Å². The number of hydrogen-bond donors (Lipinski definition) is 0. The molecule has 4 heteroatoms. The lowest BCUT2D eigenvalue weighted by atomic mass is 10.1. The maximum atomic E-state index is 10.7. The molecule has 0 aliphatic heterocycles. The zero-order chi connectivity index (χ0) is 11.1. The average molecular weight is 199 g/mol. The van der Waals surface area contributed by atoms with E-state index in [4.69, 9.17) is 0 Å². The molecule has 0 atom stereocenters. The molecule has 14 heavy (non-hydrogen) atoms. The first-order valence-corrected chi connectivity index (χ1v) is 4.76. The molecule has 0 radical (unpaired) electrons. The summed E-state index contributed by atoms with van der Waals surface area (Å²) in [6, 6.07) is 0. The third-order valence-corrected chi connectivity index (χ3v) is 1.79. The van der Waals surface area contributed by atoms with Gasteiger partial charge in [0.2, 0.25) is 5.70 Å². The van der Waals surface area contributed by atoms with Crippen LogP contribution in [0.2, 0.25) is 0 Å². The Bertz CT molecular complexity index is 244. The topological polar surface area (TPSA) is 60.2 Å². The highest BCUT2D eigenvalue weighted by molar-refractivity contribution is 5.75. The smallest absolute Gasteiger partial charge is 0.242 e. The van der Waals surface area contributed by atoms with E-state index in [9.17, 15) is 14.9 Å².